The Morgan fingerprint density at radius 1 is 0.743 bits per heavy atom. The molecule has 0 radical (unpaired) electrons. The molecule has 7 heteroatoms. The smallest absolute Gasteiger partial charge is 0.212 e. The van der Waals surface area contributed by atoms with Crippen molar-refractivity contribution in [2.75, 3.05) is 5.75 Å². The third-order valence-electron chi connectivity index (χ3n) is 5.44. The summed E-state index contributed by atoms with van der Waals surface area (Å²) in [5.74, 6) is 1.13. The monoisotopic (exact) mass is 496 g/mol. The van der Waals surface area contributed by atoms with Gasteiger partial charge >= 0.3 is 0 Å². The fraction of sp³-hybridized carbons (Fsp3) is 0.357. The molecule has 0 aliphatic rings. The molecule has 2 atom stereocenters. The summed E-state index contributed by atoms with van der Waals surface area (Å²) < 4.78 is 41.5. The summed E-state index contributed by atoms with van der Waals surface area (Å²) in [6.45, 7) is 7.75. The maximum Gasteiger partial charge on any atom is 0.212 e. The summed E-state index contributed by atoms with van der Waals surface area (Å²) >= 11 is 0. The number of benzene rings is 3. The Hall–Kier alpha value is -2.87. The van der Waals surface area contributed by atoms with E-state index in [0.29, 0.717) is 11.5 Å². The molecule has 3 N–H and O–H groups in total. The van der Waals surface area contributed by atoms with Gasteiger partial charge in [0.2, 0.25) is 10.0 Å². The van der Waals surface area contributed by atoms with Crippen molar-refractivity contribution in [3.8, 4) is 11.5 Å². The average molecular weight is 497 g/mol. The summed E-state index contributed by atoms with van der Waals surface area (Å²) in [5.41, 5.74) is 8.98. The molecule has 0 amide bonds. The van der Waals surface area contributed by atoms with Gasteiger partial charge in [0.1, 0.15) is 11.5 Å². The van der Waals surface area contributed by atoms with Crippen LogP contribution in [0.1, 0.15) is 56.5 Å². The van der Waals surface area contributed by atoms with Crippen molar-refractivity contribution in [2.45, 2.75) is 58.4 Å². The summed E-state index contributed by atoms with van der Waals surface area (Å²) in [7, 11) is -3.71. The van der Waals surface area contributed by atoms with Gasteiger partial charge in [-0.2, -0.15) is 0 Å². The quantitative estimate of drug-likeness (QED) is 0.361. The van der Waals surface area contributed by atoms with Crippen LogP contribution in [0.15, 0.2) is 78.9 Å². The number of rotatable bonds is 12. The van der Waals surface area contributed by atoms with Crippen LogP contribution in [0, 0.1) is 0 Å². The third kappa shape index (κ3) is 7.82. The molecule has 0 fully saturated rings. The van der Waals surface area contributed by atoms with Crippen LogP contribution in [0.5, 0.6) is 11.5 Å². The van der Waals surface area contributed by atoms with E-state index >= 15 is 0 Å². The van der Waals surface area contributed by atoms with Crippen molar-refractivity contribution < 1.29 is 17.9 Å². The third-order valence-corrected chi connectivity index (χ3v) is 6.80. The van der Waals surface area contributed by atoms with Gasteiger partial charge in [0, 0.05) is 5.56 Å². The standard InChI is InChI=1S/C28H36N2O4S/c1-20(2)33-25-16-11-17-26(34-21(3)4)24(25)18-19-35(31,32)30-28(23-14-9-6-10-15-23)27(29)22-12-7-5-8-13-22/h5-17,20-21,27-28,30H,18-19,29H2,1-4H3. The molecular weight excluding hydrogens is 460 g/mol. The Morgan fingerprint density at radius 2 is 1.23 bits per heavy atom. The molecule has 0 aliphatic heterocycles. The molecule has 0 spiro atoms. The molecular formula is C28H36N2O4S. The lowest BCUT2D eigenvalue weighted by molar-refractivity contribution is 0.225. The maximum atomic E-state index is 13.3. The minimum Gasteiger partial charge on any atom is -0.491 e. The van der Waals surface area contributed by atoms with Gasteiger partial charge in [0.15, 0.2) is 0 Å². The summed E-state index contributed by atoms with van der Waals surface area (Å²) in [5, 5.41) is 0. The van der Waals surface area contributed by atoms with Crippen LogP contribution in [0.2, 0.25) is 0 Å². The van der Waals surface area contributed by atoms with Crippen LogP contribution in [0.4, 0.5) is 0 Å². The lowest BCUT2D eigenvalue weighted by Gasteiger charge is -2.26. The van der Waals surface area contributed by atoms with Crippen molar-refractivity contribution in [1.29, 1.82) is 0 Å². The molecule has 3 aromatic rings. The van der Waals surface area contributed by atoms with Crippen LogP contribution >= 0.6 is 0 Å². The van der Waals surface area contributed by atoms with E-state index in [1.165, 1.54) is 0 Å². The number of nitrogens with one attached hydrogen (secondary N) is 1. The van der Waals surface area contributed by atoms with Crippen LogP contribution in [-0.2, 0) is 16.4 Å². The molecule has 0 heterocycles. The topological polar surface area (TPSA) is 90.6 Å². The number of ether oxygens (including phenoxy) is 2. The van der Waals surface area contributed by atoms with Gasteiger partial charge in [0.25, 0.3) is 0 Å². The molecule has 3 aromatic carbocycles. The first-order valence-corrected chi connectivity index (χ1v) is 13.6. The van der Waals surface area contributed by atoms with E-state index in [1.54, 1.807) is 0 Å². The second kappa shape index (κ2) is 12.2. The lowest BCUT2D eigenvalue weighted by atomic mass is 9.95. The molecule has 0 aromatic heterocycles. The second-order valence-corrected chi connectivity index (χ2v) is 11.0. The molecule has 3 rings (SSSR count). The zero-order chi connectivity index (χ0) is 25.4. The SMILES string of the molecule is CC(C)Oc1cccc(OC(C)C)c1CCS(=O)(=O)NC(c1ccccc1)C(N)c1ccccc1. The normalized spacial score (nSPS) is 13.6. The van der Waals surface area contributed by atoms with E-state index in [0.717, 1.165) is 16.7 Å². The summed E-state index contributed by atoms with van der Waals surface area (Å²) in [6, 6.07) is 23.3. The Kier molecular flexibility index (Phi) is 9.32. The first kappa shape index (κ1) is 26.7. The Balaban J connectivity index is 1.86. The molecule has 2 unspecified atom stereocenters. The van der Waals surface area contributed by atoms with Crippen LogP contribution in [0.25, 0.3) is 0 Å². The Labute approximate surface area is 209 Å². The van der Waals surface area contributed by atoms with E-state index in [9.17, 15) is 8.42 Å². The fourth-order valence-electron chi connectivity index (χ4n) is 3.89. The van der Waals surface area contributed by atoms with Gasteiger partial charge < -0.3 is 15.2 Å². The predicted molar refractivity (Wildman–Crippen MR) is 141 cm³/mol. The van der Waals surface area contributed by atoms with E-state index in [1.807, 2.05) is 107 Å². The van der Waals surface area contributed by atoms with Crippen molar-refractivity contribution in [3.05, 3.63) is 95.6 Å². The number of hydrogen-bond acceptors (Lipinski definition) is 5. The van der Waals surface area contributed by atoms with Crippen molar-refractivity contribution >= 4 is 10.0 Å². The summed E-state index contributed by atoms with van der Waals surface area (Å²) in [6.07, 6.45) is 0.135. The summed E-state index contributed by atoms with van der Waals surface area (Å²) in [4.78, 5) is 0. The highest BCUT2D eigenvalue weighted by molar-refractivity contribution is 7.89. The molecule has 0 aliphatic carbocycles. The molecule has 6 nitrogen and oxygen atoms in total. The van der Waals surface area contributed by atoms with Crippen LogP contribution in [0.3, 0.4) is 0 Å². The number of sulfonamides is 1. The Bertz CT molecular complexity index is 1140. The minimum atomic E-state index is -3.71. The lowest BCUT2D eigenvalue weighted by Crippen LogP contribution is -2.37. The zero-order valence-electron chi connectivity index (χ0n) is 20.8. The van der Waals surface area contributed by atoms with Crippen LogP contribution < -0.4 is 19.9 Å². The van der Waals surface area contributed by atoms with Gasteiger partial charge in [0.05, 0.1) is 30.0 Å². The average Bonchev–Trinajstić information content (AvgIpc) is 2.82. The van der Waals surface area contributed by atoms with Gasteiger partial charge in [-0.05, 0) is 57.4 Å². The Morgan fingerprint density at radius 3 is 1.71 bits per heavy atom. The maximum absolute atomic E-state index is 13.3. The molecule has 0 bridgehead atoms. The van der Waals surface area contributed by atoms with E-state index < -0.39 is 22.1 Å². The van der Waals surface area contributed by atoms with Gasteiger partial charge in [-0.1, -0.05) is 66.7 Å². The first-order chi connectivity index (χ1) is 16.7. The second-order valence-electron chi connectivity index (χ2n) is 9.08. The van der Waals surface area contributed by atoms with E-state index in [2.05, 4.69) is 4.72 Å². The molecule has 35 heavy (non-hydrogen) atoms. The number of hydrogen-bond donors (Lipinski definition) is 2. The highest BCUT2D eigenvalue weighted by Crippen LogP contribution is 2.32. The highest BCUT2D eigenvalue weighted by atomic mass is 32.2. The van der Waals surface area contributed by atoms with Gasteiger partial charge in [-0.25, -0.2) is 13.1 Å². The van der Waals surface area contributed by atoms with E-state index in [-0.39, 0.29) is 24.4 Å². The van der Waals surface area contributed by atoms with Crippen molar-refractivity contribution in [3.63, 3.8) is 0 Å². The first-order valence-electron chi connectivity index (χ1n) is 12.0. The fourth-order valence-corrected chi connectivity index (χ4v) is 5.15. The minimum absolute atomic E-state index is 0.0517. The zero-order valence-corrected chi connectivity index (χ0v) is 21.7. The largest absolute Gasteiger partial charge is 0.491 e. The molecule has 0 saturated carbocycles. The molecule has 188 valence electrons. The van der Waals surface area contributed by atoms with Crippen LogP contribution in [-0.4, -0.2) is 26.4 Å². The highest BCUT2D eigenvalue weighted by Gasteiger charge is 2.27. The number of nitrogens with two attached hydrogens (primary N) is 1. The van der Waals surface area contributed by atoms with Gasteiger partial charge in [-0.3, -0.25) is 0 Å². The van der Waals surface area contributed by atoms with Gasteiger partial charge in [-0.15, -0.1) is 0 Å². The van der Waals surface area contributed by atoms with Crippen molar-refractivity contribution in [1.82, 2.24) is 4.72 Å². The molecule has 0 saturated heterocycles. The predicted octanol–water partition coefficient (Wildman–Crippen LogP) is 5.16. The van der Waals surface area contributed by atoms with E-state index in [4.69, 9.17) is 15.2 Å². The van der Waals surface area contributed by atoms with Crippen molar-refractivity contribution in [2.24, 2.45) is 5.73 Å².